The molecule has 134 valence electrons. The average molecular weight is 335 g/mol. The highest BCUT2D eigenvalue weighted by Gasteiger charge is 2.55. The van der Waals surface area contributed by atoms with E-state index in [1.54, 1.807) is 6.92 Å². The molecule has 5 aliphatic rings. The van der Waals surface area contributed by atoms with E-state index in [2.05, 4.69) is 10.6 Å². The molecule has 1 aliphatic heterocycles. The topological polar surface area (TPSA) is 81.7 Å². The van der Waals surface area contributed by atoms with Gasteiger partial charge in [0.05, 0.1) is 6.10 Å². The van der Waals surface area contributed by atoms with Gasteiger partial charge in [0.2, 0.25) is 5.91 Å². The maximum Gasteiger partial charge on any atom is 0.315 e. The van der Waals surface area contributed by atoms with Crippen LogP contribution in [-0.2, 0) is 4.79 Å². The lowest BCUT2D eigenvalue weighted by molar-refractivity contribution is -0.129. The molecule has 0 aromatic heterocycles. The van der Waals surface area contributed by atoms with Crippen LogP contribution < -0.4 is 10.6 Å². The molecular formula is C18H29N3O3. The monoisotopic (exact) mass is 335 g/mol. The third-order valence-electron chi connectivity index (χ3n) is 6.88. The second-order valence-electron chi connectivity index (χ2n) is 8.62. The van der Waals surface area contributed by atoms with Crippen LogP contribution in [0.25, 0.3) is 0 Å². The van der Waals surface area contributed by atoms with E-state index in [0.29, 0.717) is 17.8 Å². The van der Waals surface area contributed by atoms with Gasteiger partial charge in [0, 0.05) is 31.6 Å². The van der Waals surface area contributed by atoms with Gasteiger partial charge in [0.1, 0.15) is 0 Å². The summed E-state index contributed by atoms with van der Waals surface area (Å²) in [5, 5.41) is 16.7. The standard InChI is InChI=1S/C18H29N3O3/c1-11(22)21-4-2-15(3-5-21)19-17(24)20-18-8-12-6-13(9-18)16(23)14(7-12)10-18/h12-16,23H,2-10H2,1H3,(H2,19,20,24). The number of aliphatic hydroxyl groups excluding tert-OH is 1. The minimum absolute atomic E-state index is 0.0623. The number of likely N-dealkylation sites (tertiary alicyclic amines) is 1. The summed E-state index contributed by atoms with van der Waals surface area (Å²) < 4.78 is 0. The third kappa shape index (κ3) is 2.89. The number of piperidine rings is 1. The zero-order valence-corrected chi connectivity index (χ0v) is 14.5. The van der Waals surface area contributed by atoms with Crippen molar-refractivity contribution < 1.29 is 14.7 Å². The first kappa shape index (κ1) is 16.2. The Morgan fingerprint density at radius 1 is 1.08 bits per heavy atom. The van der Waals surface area contributed by atoms with Gasteiger partial charge in [-0.05, 0) is 62.7 Å². The van der Waals surface area contributed by atoms with E-state index in [1.807, 2.05) is 4.90 Å². The van der Waals surface area contributed by atoms with Crippen molar-refractivity contribution in [3.8, 4) is 0 Å². The number of rotatable bonds is 2. The van der Waals surface area contributed by atoms with E-state index in [1.165, 1.54) is 0 Å². The summed E-state index contributed by atoms with van der Waals surface area (Å²) in [4.78, 5) is 25.7. The van der Waals surface area contributed by atoms with Crippen LogP contribution >= 0.6 is 0 Å². The number of aliphatic hydroxyl groups is 1. The van der Waals surface area contributed by atoms with E-state index >= 15 is 0 Å². The molecule has 4 aliphatic carbocycles. The van der Waals surface area contributed by atoms with Gasteiger partial charge in [0.15, 0.2) is 0 Å². The molecule has 5 rings (SSSR count). The zero-order chi connectivity index (χ0) is 16.9. The van der Waals surface area contributed by atoms with Gasteiger partial charge in [-0.1, -0.05) is 0 Å². The molecule has 2 atom stereocenters. The first-order valence-corrected chi connectivity index (χ1v) is 9.46. The normalized spacial score (nSPS) is 41.3. The quantitative estimate of drug-likeness (QED) is 0.710. The van der Waals surface area contributed by atoms with Crippen LogP contribution in [0.5, 0.6) is 0 Å². The van der Waals surface area contributed by atoms with Crippen LogP contribution in [0.1, 0.15) is 51.9 Å². The Balaban J connectivity index is 1.32. The highest BCUT2D eigenvalue weighted by atomic mass is 16.3. The summed E-state index contributed by atoms with van der Waals surface area (Å²) in [5.74, 6) is 1.53. The van der Waals surface area contributed by atoms with Crippen LogP contribution in [0.2, 0.25) is 0 Å². The van der Waals surface area contributed by atoms with Gasteiger partial charge in [-0.2, -0.15) is 0 Å². The summed E-state index contributed by atoms with van der Waals surface area (Å²) in [6.07, 6.45) is 6.69. The van der Waals surface area contributed by atoms with E-state index in [-0.39, 0.29) is 29.6 Å². The maximum absolute atomic E-state index is 12.5. The van der Waals surface area contributed by atoms with Crippen LogP contribution in [0.3, 0.4) is 0 Å². The van der Waals surface area contributed by atoms with E-state index in [0.717, 1.165) is 58.0 Å². The first-order valence-electron chi connectivity index (χ1n) is 9.46. The first-order chi connectivity index (χ1) is 11.4. The highest BCUT2D eigenvalue weighted by Crippen LogP contribution is 2.55. The van der Waals surface area contributed by atoms with Gasteiger partial charge in [-0.15, -0.1) is 0 Å². The lowest BCUT2D eigenvalue weighted by atomic mass is 9.52. The molecule has 3 amide bonds. The SMILES string of the molecule is CC(=O)N1CCC(NC(=O)NC23CC4CC(C2)C(O)C(C4)C3)CC1. The lowest BCUT2D eigenvalue weighted by Gasteiger charge is -2.58. The van der Waals surface area contributed by atoms with Gasteiger partial charge in [0.25, 0.3) is 0 Å². The molecule has 0 spiro atoms. The number of carbonyl (C=O) groups excluding carboxylic acids is 2. The number of urea groups is 1. The summed E-state index contributed by atoms with van der Waals surface area (Å²) >= 11 is 0. The van der Waals surface area contributed by atoms with Gasteiger partial charge in [-0.25, -0.2) is 4.79 Å². The Morgan fingerprint density at radius 3 is 2.29 bits per heavy atom. The van der Waals surface area contributed by atoms with Crippen molar-refractivity contribution in [2.45, 2.75) is 69.6 Å². The number of nitrogens with zero attached hydrogens (tertiary/aromatic N) is 1. The minimum atomic E-state index is -0.157. The number of nitrogens with one attached hydrogen (secondary N) is 2. The van der Waals surface area contributed by atoms with Gasteiger partial charge >= 0.3 is 6.03 Å². The highest BCUT2D eigenvalue weighted by molar-refractivity contribution is 5.75. The van der Waals surface area contributed by atoms with Crippen molar-refractivity contribution in [3.63, 3.8) is 0 Å². The minimum Gasteiger partial charge on any atom is -0.393 e. The Kier molecular flexibility index (Phi) is 3.98. The molecule has 4 saturated carbocycles. The molecule has 1 saturated heterocycles. The molecule has 6 heteroatoms. The Labute approximate surface area is 143 Å². The molecule has 4 bridgehead atoms. The van der Waals surface area contributed by atoms with Crippen LogP contribution in [0, 0.1) is 17.8 Å². The zero-order valence-electron chi connectivity index (χ0n) is 14.5. The molecule has 0 aromatic carbocycles. The van der Waals surface area contributed by atoms with Crippen molar-refractivity contribution in [1.82, 2.24) is 15.5 Å². The fourth-order valence-corrected chi connectivity index (χ4v) is 5.95. The van der Waals surface area contributed by atoms with Crippen molar-refractivity contribution >= 4 is 11.9 Å². The Morgan fingerprint density at radius 2 is 1.71 bits per heavy atom. The van der Waals surface area contributed by atoms with E-state index < -0.39 is 0 Å². The predicted molar refractivity (Wildman–Crippen MR) is 89.2 cm³/mol. The second-order valence-corrected chi connectivity index (χ2v) is 8.62. The maximum atomic E-state index is 12.5. The van der Waals surface area contributed by atoms with E-state index in [4.69, 9.17) is 0 Å². The predicted octanol–water partition coefficient (Wildman–Crippen LogP) is 1.24. The molecule has 1 heterocycles. The second kappa shape index (κ2) is 5.90. The number of hydrogen-bond donors (Lipinski definition) is 3. The Hall–Kier alpha value is -1.30. The summed E-state index contributed by atoms with van der Waals surface area (Å²) in [7, 11) is 0. The molecular weight excluding hydrogens is 306 g/mol. The van der Waals surface area contributed by atoms with Crippen molar-refractivity contribution in [3.05, 3.63) is 0 Å². The molecule has 0 aromatic rings. The van der Waals surface area contributed by atoms with Crippen molar-refractivity contribution in [1.29, 1.82) is 0 Å². The van der Waals surface area contributed by atoms with Gasteiger partial charge in [-0.3, -0.25) is 4.79 Å². The van der Waals surface area contributed by atoms with Crippen LogP contribution in [0.15, 0.2) is 0 Å². The summed E-state index contributed by atoms with van der Waals surface area (Å²) in [5.41, 5.74) is -0.0973. The number of hydrogen-bond acceptors (Lipinski definition) is 3. The third-order valence-corrected chi connectivity index (χ3v) is 6.88. The molecule has 0 radical (unpaired) electrons. The molecule has 5 fully saturated rings. The number of carbonyl (C=O) groups is 2. The molecule has 2 unspecified atom stereocenters. The van der Waals surface area contributed by atoms with Crippen LogP contribution in [0.4, 0.5) is 4.79 Å². The fourth-order valence-electron chi connectivity index (χ4n) is 5.95. The van der Waals surface area contributed by atoms with E-state index in [9.17, 15) is 14.7 Å². The molecule has 24 heavy (non-hydrogen) atoms. The number of amides is 3. The summed E-state index contributed by atoms with van der Waals surface area (Å²) in [6.45, 7) is 3.05. The van der Waals surface area contributed by atoms with Crippen molar-refractivity contribution in [2.75, 3.05) is 13.1 Å². The fraction of sp³-hybridized carbons (Fsp3) is 0.889. The van der Waals surface area contributed by atoms with Crippen molar-refractivity contribution in [2.24, 2.45) is 17.8 Å². The molecule has 3 N–H and O–H groups in total. The summed E-state index contributed by atoms with van der Waals surface area (Å²) in [6, 6.07) is 0.0906. The molecule has 6 nitrogen and oxygen atoms in total. The Bertz CT molecular complexity index is 514. The average Bonchev–Trinajstić information content (AvgIpc) is 2.51. The lowest BCUT2D eigenvalue weighted by Crippen LogP contribution is -2.65. The smallest absolute Gasteiger partial charge is 0.315 e. The largest absolute Gasteiger partial charge is 0.393 e. The van der Waals surface area contributed by atoms with Crippen LogP contribution in [-0.4, -0.2) is 52.7 Å². The van der Waals surface area contributed by atoms with Gasteiger partial charge < -0.3 is 20.6 Å².